The highest BCUT2D eigenvalue weighted by Gasteiger charge is 2.38. The lowest BCUT2D eigenvalue weighted by Gasteiger charge is -2.32. The van der Waals surface area contributed by atoms with Crippen LogP contribution >= 0.6 is 0 Å². The van der Waals surface area contributed by atoms with Crippen molar-refractivity contribution in [3.05, 3.63) is 0 Å². The Morgan fingerprint density at radius 2 is 1.73 bits per heavy atom. The zero-order valence-corrected chi connectivity index (χ0v) is 11.2. The van der Waals surface area contributed by atoms with Crippen LogP contribution in [-0.4, -0.2) is 25.5 Å². The highest BCUT2D eigenvalue weighted by Crippen LogP contribution is 2.24. The van der Waals surface area contributed by atoms with E-state index in [4.69, 9.17) is 5.84 Å². The van der Waals surface area contributed by atoms with Crippen molar-refractivity contribution in [3.8, 4) is 0 Å². The summed E-state index contributed by atoms with van der Waals surface area (Å²) in [4.78, 5) is 0. The van der Waals surface area contributed by atoms with E-state index in [-0.39, 0.29) is 6.04 Å². The average molecular weight is 236 g/mol. The minimum atomic E-state index is -3.10. The Balaban J connectivity index is 4.67. The summed E-state index contributed by atoms with van der Waals surface area (Å²) >= 11 is 0. The molecule has 4 nitrogen and oxygen atoms in total. The van der Waals surface area contributed by atoms with E-state index in [2.05, 4.69) is 19.3 Å². The van der Waals surface area contributed by atoms with Gasteiger partial charge in [0.25, 0.3) is 0 Å². The van der Waals surface area contributed by atoms with Gasteiger partial charge in [0.2, 0.25) is 0 Å². The van der Waals surface area contributed by atoms with Crippen LogP contribution in [0.2, 0.25) is 0 Å². The molecule has 0 aromatic heterocycles. The van der Waals surface area contributed by atoms with Crippen molar-refractivity contribution in [2.75, 3.05) is 6.26 Å². The lowest BCUT2D eigenvalue weighted by Crippen LogP contribution is -2.53. The van der Waals surface area contributed by atoms with E-state index in [1.54, 1.807) is 13.8 Å². The topological polar surface area (TPSA) is 72.2 Å². The first-order chi connectivity index (χ1) is 6.63. The Labute approximate surface area is 93.5 Å². The first-order valence-corrected chi connectivity index (χ1v) is 7.17. The third-order valence-corrected chi connectivity index (χ3v) is 5.22. The van der Waals surface area contributed by atoms with Crippen LogP contribution in [0, 0.1) is 5.92 Å². The Morgan fingerprint density at radius 1 is 1.27 bits per heavy atom. The van der Waals surface area contributed by atoms with Crippen molar-refractivity contribution < 1.29 is 8.42 Å². The Hall–Kier alpha value is -0.130. The van der Waals surface area contributed by atoms with Crippen LogP contribution in [0.3, 0.4) is 0 Å². The molecule has 0 aliphatic heterocycles. The van der Waals surface area contributed by atoms with Crippen LogP contribution in [-0.2, 0) is 9.84 Å². The molecule has 1 atom stereocenters. The second kappa shape index (κ2) is 5.27. The quantitative estimate of drug-likeness (QED) is 0.534. The average Bonchev–Trinajstić information content (AvgIpc) is 2.02. The second-order valence-electron chi connectivity index (χ2n) is 5.07. The van der Waals surface area contributed by atoms with Gasteiger partial charge in [-0.1, -0.05) is 13.8 Å². The maximum Gasteiger partial charge on any atom is 0.154 e. The fourth-order valence-corrected chi connectivity index (χ4v) is 2.09. The van der Waals surface area contributed by atoms with Crippen molar-refractivity contribution in [1.29, 1.82) is 0 Å². The molecule has 92 valence electrons. The summed E-state index contributed by atoms with van der Waals surface area (Å²) in [6.07, 6.45) is 2.99. The maximum absolute atomic E-state index is 11.6. The smallest absolute Gasteiger partial charge is 0.154 e. The molecule has 0 aliphatic rings. The predicted octanol–water partition coefficient (Wildman–Crippen LogP) is 1.08. The van der Waals surface area contributed by atoms with Crippen LogP contribution in [0.5, 0.6) is 0 Å². The lowest BCUT2D eigenvalue weighted by atomic mass is 9.95. The van der Waals surface area contributed by atoms with Gasteiger partial charge >= 0.3 is 0 Å². The first kappa shape index (κ1) is 14.9. The molecule has 0 fully saturated rings. The molecule has 0 aromatic rings. The third kappa shape index (κ3) is 4.09. The summed E-state index contributed by atoms with van der Waals surface area (Å²) < 4.78 is 22.4. The number of hydrazine groups is 1. The van der Waals surface area contributed by atoms with Gasteiger partial charge in [0.15, 0.2) is 9.84 Å². The second-order valence-corrected chi connectivity index (χ2v) is 7.66. The molecular weight excluding hydrogens is 212 g/mol. The minimum Gasteiger partial charge on any atom is -0.271 e. The fraction of sp³-hybridized carbons (Fsp3) is 1.00. The number of hydrogen-bond donors (Lipinski definition) is 2. The van der Waals surface area contributed by atoms with Gasteiger partial charge in [-0.15, -0.1) is 0 Å². The fourth-order valence-electron chi connectivity index (χ4n) is 1.39. The summed E-state index contributed by atoms with van der Waals surface area (Å²) in [6.45, 7) is 7.66. The third-order valence-electron chi connectivity index (χ3n) is 3.03. The Morgan fingerprint density at radius 3 is 2.00 bits per heavy atom. The Bertz CT molecular complexity index is 284. The summed E-state index contributed by atoms with van der Waals surface area (Å²) in [5.41, 5.74) is 2.63. The number of nitrogens with one attached hydrogen (secondary N) is 1. The standard InChI is InChI=1S/C10H24N2O2S/c1-8(2)6-7-9(12-11)10(3,4)15(5,13)14/h8-9,12H,6-7,11H2,1-5H3. The lowest BCUT2D eigenvalue weighted by molar-refractivity contribution is 0.366. The summed E-state index contributed by atoms with van der Waals surface area (Å²) in [5, 5.41) is 0. The van der Waals surface area contributed by atoms with E-state index in [9.17, 15) is 8.42 Å². The number of sulfone groups is 1. The van der Waals surface area contributed by atoms with Crippen LogP contribution in [0.4, 0.5) is 0 Å². The highest BCUT2D eigenvalue weighted by atomic mass is 32.2. The molecule has 15 heavy (non-hydrogen) atoms. The largest absolute Gasteiger partial charge is 0.271 e. The molecule has 5 heteroatoms. The maximum atomic E-state index is 11.6. The molecule has 3 N–H and O–H groups in total. The molecule has 0 radical (unpaired) electrons. The van der Waals surface area contributed by atoms with Gasteiger partial charge < -0.3 is 0 Å². The van der Waals surface area contributed by atoms with Crippen molar-refractivity contribution in [3.63, 3.8) is 0 Å². The molecule has 0 spiro atoms. The van der Waals surface area contributed by atoms with E-state index >= 15 is 0 Å². The van der Waals surface area contributed by atoms with Crippen LogP contribution in [0.25, 0.3) is 0 Å². The molecule has 1 unspecified atom stereocenters. The first-order valence-electron chi connectivity index (χ1n) is 5.28. The van der Waals surface area contributed by atoms with Gasteiger partial charge in [-0.05, 0) is 32.6 Å². The summed E-state index contributed by atoms with van der Waals surface area (Å²) in [6, 6.07) is -0.199. The molecule has 0 bridgehead atoms. The van der Waals surface area contributed by atoms with Crippen molar-refractivity contribution in [2.24, 2.45) is 11.8 Å². The van der Waals surface area contributed by atoms with Crippen LogP contribution < -0.4 is 11.3 Å². The molecule has 0 saturated heterocycles. The molecule has 0 heterocycles. The predicted molar refractivity (Wildman–Crippen MR) is 64.1 cm³/mol. The van der Waals surface area contributed by atoms with Gasteiger partial charge in [-0.2, -0.15) is 0 Å². The Kier molecular flexibility index (Phi) is 5.23. The molecule has 0 aromatic carbocycles. The summed E-state index contributed by atoms with van der Waals surface area (Å²) in [7, 11) is -3.10. The minimum absolute atomic E-state index is 0.199. The van der Waals surface area contributed by atoms with E-state index in [0.29, 0.717) is 5.92 Å². The van der Waals surface area contributed by atoms with E-state index in [1.165, 1.54) is 6.26 Å². The monoisotopic (exact) mass is 236 g/mol. The number of rotatable bonds is 6. The van der Waals surface area contributed by atoms with E-state index in [0.717, 1.165) is 12.8 Å². The van der Waals surface area contributed by atoms with Crippen molar-refractivity contribution >= 4 is 9.84 Å². The SMILES string of the molecule is CC(C)CCC(NN)C(C)(C)S(C)(=O)=O. The zero-order valence-electron chi connectivity index (χ0n) is 10.4. The molecule has 0 saturated carbocycles. The van der Waals surface area contributed by atoms with Crippen LogP contribution in [0.1, 0.15) is 40.5 Å². The van der Waals surface area contributed by atoms with Crippen LogP contribution in [0.15, 0.2) is 0 Å². The molecule has 0 rings (SSSR count). The van der Waals surface area contributed by atoms with Gasteiger partial charge in [0, 0.05) is 12.3 Å². The van der Waals surface area contributed by atoms with E-state index < -0.39 is 14.6 Å². The van der Waals surface area contributed by atoms with Crippen molar-refractivity contribution in [1.82, 2.24) is 5.43 Å². The normalized spacial score (nSPS) is 15.7. The highest BCUT2D eigenvalue weighted by molar-refractivity contribution is 7.92. The van der Waals surface area contributed by atoms with Gasteiger partial charge in [-0.3, -0.25) is 11.3 Å². The van der Waals surface area contributed by atoms with Gasteiger partial charge in [0.05, 0.1) is 4.75 Å². The van der Waals surface area contributed by atoms with Gasteiger partial charge in [-0.25, -0.2) is 8.42 Å². The zero-order chi connectivity index (χ0) is 12.3. The molecule has 0 aliphatic carbocycles. The number of hydrogen-bond acceptors (Lipinski definition) is 4. The summed E-state index contributed by atoms with van der Waals surface area (Å²) in [5.74, 6) is 5.98. The number of nitrogens with two attached hydrogens (primary N) is 1. The molecular formula is C10H24N2O2S. The van der Waals surface area contributed by atoms with Gasteiger partial charge in [0.1, 0.15) is 0 Å². The van der Waals surface area contributed by atoms with E-state index in [1.807, 2.05) is 0 Å². The molecule has 0 amide bonds. The van der Waals surface area contributed by atoms with Crippen molar-refractivity contribution in [2.45, 2.75) is 51.3 Å².